The smallest absolute Gasteiger partial charge is 0.131 e. The van der Waals surface area contributed by atoms with Crippen molar-refractivity contribution in [3.8, 4) is 5.75 Å². The lowest BCUT2D eigenvalue weighted by molar-refractivity contribution is 0.235. The fraction of sp³-hybridized carbons (Fsp3) is 0.318. The summed E-state index contributed by atoms with van der Waals surface area (Å²) in [6.45, 7) is 1.74. The van der Waals surface area contributed by atoms with Crippen molar-refractivity contribution in [2.75, 3.05) is 0 Å². The van der Waals surface area contributed by atoms with Crippen LogP contribution < -0.4 is 4.74 Å². The quantitative estimate of drug-likeness (QED) is 0.536. The van der Waals surface area contributed by atoms with Gasteiger partial charge < -0.3 is 4.74 Å². The van der Waals surface area contributed by atoms with Gasteiger partial charge in [-0.1, -0.05) is 35.9 Å². The van der Waals surface area contributed by atoms with Gasteiger partial charge >= 0.3 is 0 Å². The Balaban J connectivity index is 1.48. The van der Waals surface area contributed by atoms with E-state index in [-0.39, 0.29) is 12.4 Å². The largest absolute Gasteiger partial charge is 0.488 e. The van der Waals surface area contributed by atoms with Crippen molar-refractivity contribution >= 4 is 11.6 Å². The van der Waals surface area contributed by atoms with Gasteiger partial charge in [0.1, 0.15) is 18.2 Å². The number of aromatic nitrogens is 2. The van der Waals surface area contributed by atoms with E-state index >= 15 is 0 Å². The summed E-state index contributed by atoms with van der Waals surface area (Å²) >= 11 is 6.13. The first-order chi connectivity index (χ1) is 13.6. The second-order valence-electron chi connectivity index (χ2n) is 7.26. The molecule has 3 aromatic rings. The Hall–Kier alpha value is -2.37. The van der Waals surface area contributed by atoms with Crippen molar-refractivity contribution in [3.05, 3.63) is 82.4 Å². The molecular weight excluding hydrogens is 377 g/mol. The highest BCUT2D eigenvalue weighted by Crippen LogP contribution is 2.32. The molecule has 0 spiro atoms. The van der Waals surface area contributed by atoms with Gasteiger partial charge in [0.05, 0.1) is 11.2 Å². The predicted octanol–water partition coefficient (Wildman–Crippen LogP) is 4.96. The molecule has 4 nitrogen and oxygen atoms in total. The first-order valence-electron chi connectivity index (χ1n) is 9.45. The van der Waals surface area contributed by atoms with Crippen LogP contribution in [0.5, 0.6) is 5.75 Å². The summed E-state index contributed by atoms with van der Waals surface area (Å²) in [5, 5.41) is 4.65. The molecule has 0 N–H and O–H groups in total. The zero-order chi connectivity index (χ0) is 19.5. The van der Waals surface area contributed by atoms with E-state index in [4.69, 9.17) is 16.3 Å². The van der Waals surface area contributed by atoms with Gasteiger partial charge in [-0.3, -0.25) is 9.58 Å². The van der Waals surface area contributed by atoms with E-state index in [2.05, 4.69) is 22.3 Å². The highest BCUT2D eigenvalue weighted by atomic mass is 35.5. The van der Waals surface area contributed by atoms with Crippen LogP contribution in [0.3, 0.4) is 0 Å². The maximum atomic E-state index is 14.0. The van der Waals surface area contributed by atoms with Gasteiger partial charge in [-0.2, -0.15) is 5.10 Å². The van der Waals surface area contributed by atoms with E-state index in [9.17, 15) is 4.39 Å². The van der Waals surface area contributed by atoms with Crippen molar-refractivity contribution in [2.24, 2.45) is 7.05 Å². The third kappa shape index (κ3) is 4.54. The minimum atomic E-state index is -0.346. The molecule has 146 valence electrons. The third-order valence-electron chi connectivity index (χ3n) is 4.99. The van der Waals surface area contributed by atoms with E-state index in [1.54, 1.807) is 12.1 Å². The van der Waals surface area contributed by atoms with Crippen molar-refractivity contribution in [3.63, 3.8) is 0 Å². The average Bonchev–Trinajstić information content (AvgIpc) is 3.44. The molecule has 0 bridgehead atoms. The van der Waals surface area contributed by atoms with Crippen LogP contribution >= 0.6 is 11.6 Å². The van der Waals surface area contributed by atoms with Gasteiger partial charge in [-0.15, -0.1) is 0 Å². The molecule has 1 saturated carbocycles. The van der Waals surface area contributed by atoms with Crippen LogP contribution in [0.2, 0.25) is 5.02 Å². The summed E-state index contributed by atoms with van der Waals surface area (Å²) in [4.78, 5) is 2.45. The third-order valence-corrected chi connectivity index (χ3v) is 5.34. The number of halogens is 2. The van der Waals surface area contributed by atoms with Crippen LogP contribution in [0.25, 0.3) is 0 Å². The van der Waals surface area contributed by atoms with Crippen molar-refractivity contribution in [1.82, 2.24) is 14.7 Å². The second-order valence-corrected chi connectivity index (χ2v) is 7.66. The number of hydrogen-bond acceptors (Lipinski definition) is 3. The molecule has 0 radical (unpaired) electrons. The number of para-hydroxylation sites is 1. The van der Waals surface area contributed by atoms with Crippen LogP contribution in [-0.4, -0.2) is 20.7 Å². The van der Waals surface area contributed by atoms with Crippen LogP contribution in [-0.2, 0) is 26.7 Å². The lowest BCUT2D eigenvalue weighted by atomic mass is 10.1. The molecule has 1 aliphatic rings. The van der Waals surface area contributed by atoms with Crippen LogP contribution in [0.1, 0.15) is 29.5 Å². The second kappa shape index (κ2) is 8.33. The fourth-order valence-electron chi connectivity index (χ4n) is 3.36. The Morgan fingerprint density at radius 3 is 2.71 bits per heavy atom. The van der Waals surface area contributed by atoms with Crippen molar-refractivity contribution < 1.29 is 9.13 Å². The molecule has 1 fully saturated rings. The Morgan fingerprint density at radius 1 is 1.18 bits per heavy atom. The van der Waals surface area contributed by atoms with Crippen molar-refractivity contribution in [1.29, 1.82) is 0 Å². The van der Waals surface area contributed by atoms with Crippen LogP contribution in [0.4, 0.5) is 4.39 Å². The maximum Gasteiger partial charge on any atom is 0.131 e. The zero-order valence-corrected chi connectivity index (χ0v) is 16.6. The number of aryl methyl sites for hydroxylation is 1. The van der Waals surface area contributed by atoms with Gasteiger partial charge in [-0.25, -0.2) is 4.39 Å². The standard InChI is InChI=1S/C22H23ClFN3O/c1-26-12-16(11-25-26)13-27(18-9-10-18)14-17-5-2-3-8-22(17)28-15-19-20(23)6-4-7-21(19)24/h2-8,11-12,18H,9-10,13-15H2,1H3. The molecule has 1 heterocycles. The highest BCUT2D eigenvalue weighted by Gasteiger charge is 2.29. The van der Waals surface area contributed by atoms with Gasteiger partial charge in [0.15, 0.2) is 0 Å². The SMILES string of the molecule is Cn1cc(CN(Cc2ccccc2OCc2c(F)cccc2Cl)C2CC2)cn1. The van der Waals surface area contributed by atoms with E-state index in [0.717, 1.165) is 24.4 Å². The number of rotatable bonds is 8. The zero-order valence-electron chi connectivity index (χ0n) is 15.8. The Kier molecular flexibility index (Phi) is 5.64. The molecule has 0 atom stereocenters. The molecule has 4 rings (SSSR count). The molecule has 0 saturated heterocycles. The minimum absolute atomic E-state index is 0.106. The van der Waals surface area contributed by atoms with Crippen LogP contribution in [0.15, 0.2) is 54.9 Å². The molecular formula is C22H23ClFN3O. The molecule has 1 aromatic heterocycles. The molecule has 2 aromatic carbocycles. The van der Waals surface area contributed by atoms with E-state index in [1.807, 2.05) is 36.1 Å². The number of nitrogens with zero attached hydrogens (tertiary/aromatic N) is 3. The van der Waals surface area contributed by atoms with Crippen molar-refractivity contribution in [2.45, 2.75) is 38.6 Å². The molecule has 0 unspecified atom stereocenters. The summed E-state index contributed by atoms with van der Waals surface area (Å²) in [6.07, 6.45) is 6.40. The lowest BCUT2D eigenvalue weighted by Crippen LogP contribution is -2.25. The molecule has 28 heavy (non-hydrogen) atoms. The number of ether oxygens (including phenoxy) is 1. The molecule has 0 aliphatic heterocycles. The Labute approximate surface area is 169 Å². The predicted molar refractivity (Wildman–Crippen MR) is 108 cm³/mol. The van der Waals surface area contributed by atoms with Gasteiger partial charge in [0.25, 0.3) is 0 Å². The molecule has 6 heteroatoms. The molecule has 0 amide bonds. The van der Waals surface area contributed by atoms with Gasteiger partial charge in [0.2, 0.25) is 0 Å². The summed E-state index contributed by atoms with van der Waals surface area (Å²) in [6, 6.07) is 13.2. The molecule has 1 aliphatic carbocycles. The maximum absolute atomic E-state index is 14.0. The summed E-state index contributed by atoms with van der Waals surface area (Å²) in [5.74, 6) is 0.417. The van der Waals surface area contributed by atoms with E-state index in [1.165, 1.54) is 24.5 Å². The monoisotopic (exact) mass is 399 g/mol. The normalized spacial score (nSPS) is 13.9. The lowest BCUT2D eigenvalue weighted by Gasteiger charge is -2.23. The number of hydrogen-bond donors (Lipinski definition) is 0. The summed E-state index contributed by atoms with van der Waals surface area (Å²) in [7, 11) is 1.93. The first kappa shape index (κ1) is 19.0. The Morgan fingerprint density at radius 2 is 2.00 bits per heavy atom. The Bertz CT molecular complexity index is 934. The van der Waals surface area contributed by atoms with Crippen LogP contribution in [0, 0.1) is 5.82 Å². The summed E-state index contributed by atoms with van der Waals surface area (Å²) < 4.78 is 21.8. The highest BCUT2D eigenvalue weighted by molar-refractivity contribution is 6.31. The minimum Gasteiger partial charge on any atom is -0.488 e. The first-order valence-corrected chi connectivity index (χ1v) is 9.83. The average molecular weight is 400 g/mol. The van der Waals surface area contributed by atoms with Gasteiger partial charge in [-0.05, 0) is 31.0 Å². The van der Waals surface area contributed by atoms with E-state index in [0.29, 0.717) is 16.6 Å². The van der Waals surface area contributed by atoms with Gasteiger partial charge in [0, 0.05) is 49.1 Å². The topological polar surface area (TPSA) is 30.3 Å². The summed E-state index contributed by atoms with van der Waals surface area (Å²) in [5.41, 5.74) is 2.67. The van der Waals surface area contributed by atoms with E-state index < -0.39 is 0 Å². The number of benzene rings is 2. The fourth-order valence-corrected chi connectivity index (χ4v) is 3.57.